The maximum absolute atomic E-state index is 9.95. The topological polar surface area (TPSA) is 93.0 Å². The quantitative estimate of drug-likeness (QED) is 0.245. The van der Waals surface area contributed by atoms with Crippen LogP contribution in [0.1, 0.15) is 68.2 Å². The fraction of sp³-hybridized carbons (Fsp3) is 0.519. The Hall–Kier alpha value is -2.31. The lowest BCUT2D eigenvalue weighted by Gasteiger charge is -2.32. The zero-order valence-electron chi connectivity index (χ0n) is 21.0. The molecule has 1 unspecified atom stereocenters. The number of rotatable bonds is 11. The number of unbranched alkanes of at least 4 members (excludes halogenated alkanes) is 2. The highest BCUT2D eigenvalue weighted by molar-refractivity contribution is 7.98. The summed E-state index contributed by atoms with van der Waals surface area (Å²) in [5.41, 5.74) is 10.4. The number of hydrogen-bond donors (Lipinski definition) is 1. The minimum absolute atomic E-state index is 0.200. The van der Waals surface area contributed by atoms with E-state index in [0.29, 0.717) is 28.4 Å². The highest BCUT2D eigenvalue weighted by Gasteiger charge is 2.25. The Morgan fingerprint density at radius 3 is 2.37 bits per heavy atom. The molecular formula is C27H37N6PS. The highest BCUT2D eigenvalue weighted by atomic mass is 32.2. The molecule has 1 aromatic heterocycles. The number of nitriles is 2. The third-order valence-electron chi connectivity index (χ3n) is 6.59. The van der Waals surface area contributed by atoms with Gasteiger partial charge in [0, 0.05) is 43.4 Å². The minimum atomic E-state index is 0.200. The monoisotopic (exact) mass is 508 g/mol. The van der Waals surface area contributed by atoms with Gasteiger partial charge in [0.2, 0.25) is 0 Å². The fourth-order valence-corrected chi connectivity index (χ4v) is 5.81. The van der Waals surface area contributed by atoms with Crippen LogP contribution in [0.2, 0.25) is 0 Å². The summed E-state index contributed by atoms with van der Waals surface area (Å²) >= 11 is 1.58. The molecule has 1 aromatic carbocycles. The second-order valence-electron chi connectivity index (χ2n) is 8.98. The molecule has 2 N–H and O–H groups in total. The van der Waals surface area contributed by atoms with Crippen LogP contribution >= 0.6 is 21.0 Å². The van der Waals surface area contributed by atoms with Crippen molar-refractivity contribution >= 4 is 32.5 Å². The fourth-order valence-electron chi connectivity index (χ4n) is 4.46. The molecule has 1 aliphatic heterocycles. The van der Waals surface area contributed by atoms with E-state index in [1.807, 2.05) is 6.92 Å². The molecule has 2 aromatic rings. The molecule has 0 amide bonds. The van der Waals surface area contributed by atoms with Crippen LogP contribution in [0.3, 0.4) is 0 Å². The van der Waals surface area contributed by atoms with Crippen molar-refractivity contribution in [3.63, 3.8) is 0 Å². The summed E-state index contributed by atoms with van der Waals surface area (Å²) in [5.74, 6) is 1.43. The van der Waals surface area contributed by atoms with Crippen LogP contribution in [0, 0.1) is 22.7 Å². The number of pyridine rings is 1. The van der Waals surface area contributed by atoms with Gasteiger partial charge in [0.05, 0.1) is 11.1 Å². The molecule has 0 radical (unpaired) electrons. The molecule has 0 aliphatic carbocycles. The normalized spacial score (nSPS) is 13.9. The van der Waals surface area contributed by atoms with Crippen LogP contribution < -0.4 is 15.5 Å². The van der Waals surface area contributed by atoms with Crippen molar-refractivity contribution in [1.29, 1.82) is 10.5 Å². The van der Waals surface area contributed by atoms with Crippen molar-refractivity contribution in [3.05, 3.63) is 46.5 Å². The summed E-state index contributed by atoms with van der Waals surface area (Å²) in [6.07, 6.45) is 6.99. The van der Waals surface area contributed by atoms with Crippen LogP contribution in [0.4, 0.5) is 11.5 Å². The summed E-state index contributed by atoms with van der Waals surface area (Å²) in [6, 6.07) is 13.6. The molecule has 186 valence electrons. The van der Waals surface area contributed by atoms with E-state index < -0.39 is 0 Å². The van der Waals surface area contributed by atoms with Crippen LogP contribution in [0.5, 0.6) is 0 Å². The van der Waals surface area contributed by atoms with Gasteiger partial charge in [0.25, 0.3) is 0 Å². The number of nitrogens with two attached hydrogens (primary N) is 1. The number of nitrogens with zero attached hydrogens (tertiary/aromatic N) is 5. The molecular weight excluding hydrogens is 471 g/mol. The van der Waals surface area contributed by atoms with E-state index in [4.69, 9.17) is 10.7 Å². The summed E-state index contributed by atoms with van der Waals surface area (Å²) < 4.78 is 0. The Balaban J connectivity index is 1.81. The molecule has 3 rings (SSSR count). The second-order valence-corrected chi connectivity index (χ2v) is 10.3. The minimum Gasteiger partial charge on any atom is -0.368 e. The molecule has 0 saturated carbocycles. The van der Waals surface area contributed by atoms with E-state index in [1.165, 1.54) is 30.5 Å². The molecule has 0 spiro atoms. The smallest absolute Gasteiger partial charge is 0.148 e. The lowest BCUT2D eigenvalue weighted by Crippen LogP contribution is -2.40. The predicted octanol–water partition coefficient (Wildman–Crippen LogP) is 5.44. The van der Waals surface area contributed by atoms with E-state index in [2.05, 4.69) is 62.4 Å². The largest absolute Gasteiger partial charge is 0.368 e. The van der Waals surface area contributed by atoms with Crippen molar-refractivity contribution < 1.29 is 0 Å². The molecule has 35 heavy (non-hydrogen) atoms. The summed E-state index contributed by atoms with van der Waals surface area (Å²) in [6.45, 7) is 6.86. The third-order valence-corrected chi connectivity index (χ3v) is 8.08. The first kappa shape index (κ1) is 27.3. The van der Waals surface area contributed by atoms with Crippen molar-refractivity contribution in [2.75, 3.05) is 35.7 Å². The predicted molar refractivity (Wildman–Crippen MR) is 150 cm³/mol. The maximum Gasteiger partial charge on any atom is 0.148 e. The van der Waals surface area contributed by atoms with Gasteiger partial charge in [0.15, 0.2) is 0 Å². The van der Waals surface area contributed by atoms with Crippen molar-refractivity contribution in [2.45, 2.75) is 69.2 Å². The summed E-state index contributed by atoms with van der Waals surface area (Å²) in [7, 11) is 2.83. The van der Waals surface area contributed by atoms with Crippen LogP contribution in [-0.4, -0.2) is 36.9 Å². The lowest BCUT2D eigenvalue weighted by molar-refractivity contribution is 0.497. The number of hydrogen-bond acceptors (Lipinski definition) is 7. The average molecular weight is 509 g/mol. The van der Waals surface area contributed by atoms with Gasteiger partial charge in [-0.1, -0.05) is 38.8 Å². The van der Waals surface area contributed by atoms with Gasteiger partial charge in [-0.15, -0.1) is 21.0 Å². The molecule has 1 atom stereocenters. The van der Waals surface area contributed by atoms with Crippen LogP contribution in [0.15, 0.2) is 29.3 Å². The Labute approximate surface area is 217 Å². The van der Waals surface area contributed by atoms with Crippen LogP contribution in [0.25, 0.3) is 0 Å². The van der Waals surface area contributed by atoms with E-state index in [1.54, 1.807) is 11.8 Å². The Morgan fingerprint density at radius 2 is 1.80 bits per heavy atom. The van der Waals surface area contributed by atoms with Gasteiger partial charge in [-0.05, 0) is 48.9 Å². The van der Waals surface area contributed by atoms with Gasteiger partial charge >= 0.3 is 0 Å². The van der Waals surface area contributed by atoms with Gasteiger partial charge in [0.1, 0.15) is 23.0 Å². The average Bonchev–Trinajstić information content (AvgIpc) is 2.89. The van der Waals surface area contributed by atoms with Crippen molar-refractivity contribution in [2.24, 2.45) is 5.73 Å². The van der Waals surface area contributed by atoms with Gasteiger partial charge < -0.3 is 15.5 Å². The SMILES string of the molecule is CCCCCN(CP)c1ccc(CSc2nc(N3CCC(N)CC3)c(C#N)c(CC)c2C#N)cc1. The van der Waals surface area contributed by atoms with E-state index in [-0.39, 0.29) is 6.04 Å². The first-order valence-corrected chi connectivity index (χ1v) is 14.4. The summed E-state index contributed by atoms with van der Waals surface area (Å²) in [4.78, 5) is 9.43. The standard InChI is InChI=1S/C27H37N6PS/c1-3-5-6-13-33(19-34)22-9-7-20(8-10-22)18-35-27-25(17-29)23(4-2)24(16-28)26(31-27)32-14-11-21(30)12-15-32/h7-10,21H,3-6,11-15,18-19,30,34H2,1-2H3. The van der Waals surface area contributed by atoms with Crippen LogP contribution in [-0.2, 0) is 12.2 Å². The number of anilines is 2. The van der Waals surface area contributed by atoms with Gasteiger partial charge in [-0.3, -0.25) is 0 Å². The Bertz CT molecular complexity index is 1050. The Kier molecular flexibility index (Phi) is 10.7. The molecule has 1 fully saturated rings. The lowest BCUT2D eigenvalue weighted by atomic mass is 10.00. The number of benzene rings is 1. The Morgan fingerprint density at radius 1 is 1.11 bits per heavy atom. The first-order valence-electron chi connectivity index (χ1n) is 12.6. The number of thioether (sulfide) groups is 1. The molecule has 1 aliphatic rings. The molecule has 6 nitrogen and oxygen atoms in total. The zero-order chi connectivity index (χ0) is 25.2. The molecule has 2 heterocycles. The van der Waals surface area contributed by atoms with Crippen molar-refractivity contribution in [1.82, 2.24) is 4.98 Å². The molecule has 0 bridgehead atoms. The molecule has 8 heteroatoms. The number of aromatic nitrogens is 1. The molecule has 1 saturated heterocycles. The highest BCUT2D eigenvalue weighted by Crippen LogP contribution is 2.34. The second kappa shape index (κ2) is 13.7. The van der Waals surface area contributed by atoms with Gasteiger partial charge in [-0.25, -0.2) is 4.98 Å². The van der Waals surface area contributed by atoms with Crippen molar-refractivity contribution in [3.8, 4) is 12.1 Å². The number of piperidine rings is 1. The first-order chi connectivity index (χ1) is 17.1. The summed E-state index contributed by atoms with van der Waals surface area (Å²) in [5, 5.41) is 20.6. The van der Waals surface area contributed by atoms with E-state index in [9.17, 15) is 10.5 Å². The zero-order valence-corrected chi connectivity index (χ0v) is 22.9. The van der Waals surface area contributed by atoms with Gasteiger partial charge in [-0.2, -0.15) is 10.5 Å². The maximum atomic E-state index is 9.95. The van der Waals surface area contributed by atoms with E-state index in [0.717, 1.165) is 50.1 Å². The third kappa shape index (κ3) is 6.89. The van der Waals surface area contributed by atoms with E-state index >= 15 is 0 Å².